The maximum Gasteiger partial charge on any atom is 0.330 e. The first-order valence-electron chi connectivity index (χ1n) is 5.46. The SMILES string of the molecule is CCC(C)NCc1cn(C)c(=O)n(C)c1=O. The lowest BCUT2D eigenvalue weighted by atomic mass is 10.2. The molecular formula is C11H19N3O2. The molecule has 1 rings (SSSR count). The van der Waals surface area contributed by atoms with E-state index >= 15 is 0 Å². The second kappa shape index (κ2) is 5.12. The maximum atomic E-state index is 11.8. The van der Waals surface area contributed by atoms with Crippen molar-refractivity contribution in [3.05, 3.63) is 32.6 Å². The molecule has 1 unspecified atom stereocenters. The minimum Gasteiger partial charge on any atom is -0.310 e. The van der Waals surface area contributed by atoms with Crippen LogP contribution in [0.3, 0.4) is 0 Å². The summed E-state index contributed by atoms with van der Waals surface area (Å²) in [6.07, 6.45) is 2.60. The molecule has 0 aliphatic heterocycles. The Morgan fingerprint density at radius 2 is 2.00 bits per heavy atom. The quantitative estimate of drug-likeness (QED) is 0.783. The highest BCUT2D eigenvalue weighted by Gasteiger charge is 2.07. The smallest absolute Gasteiger partial charge is 0.310 e. The summed E-state index contributed by atoms with van der Waals surface area (Å²) in [5.74, 6) is 0. The Morgan fingerprint density at radius 1 is 1.38 bits per heavy atom. The van der Waals surface area contributed by atoms with Crippen molar-refractivity contribution in [1.29, 1.82) is 0 Å². The third-order valence-corrected chi connectivity index (χ3v) is 2.77. The van der Waals surface area contributed by atoms with Crippen LogP contribution in [0, 0.1) is 0 Å². The molecule has 5 heteroatoms. The van der Waals surface area contributed by atoms with E-state index in [-0.39, 0.29) is 11.2 Å². The number of aryl methyl sites for hydroxylation is 1. The Balaban J connectivity index is 2.98. The zero-order valence-electron chi connectivity index (χ0n) is 10.3. The van der Waals surface area contributed by atoms with Crippen molar-refractivity contribution in [3.8, 4) is 0 Å². The van der Waals surface area contributed by atoms with Gasteiger partial charge in [-0.05, 0) is 13.3 Å². The van der Waals surface area contributed by atoms with Gasteiger partial charge in [0.05, 0.1) is 0 Å². The molecule has 0 saturated carbocycles. The molecule has 1 N–H and O–H groups in total. The molecule has 0 saturated heterocycles. The van der Waals surface area contributed by atoms with Crippen molar-refractivity contribution in [2.75, 3.05) is 0 Å². The fourth-order valence-electron chi connectivity index (χ4n) is 1.43. The van der Waals surface area contributed by atoms with Gasteiger partial charge in [-0.25, -0.2) is 4.79 Å². The predicted octanol–water partition coefficient (Wildman–Crippen LogP) is -0.0279. The monoisotopic (exact) mass is 225 g/mol. The van der Waals surface area contributed by atoms with E-state index in [0.29, 0.717) is 18.2 Å². The molecule has 5 nitrogen and oxygen atoms in total. The van der Waals surface area contributed by atoms with Crippen LogP contribution in [0.25, 0.3) is 0 Å². The third kappa shape index (κ3) is 2.61. The van der Waals surface area contributed by atoms with Gasteiger partial charge >= 0.3 is 5.69 Å². The van der Waals surface area contributed by atoms with Crippen molar-refractivity contribution < 1.29 is 0 Å². The molecule has 1 atom stereocenters. The highest BCUT2D eigenvalue weighted by molar-refractivity contribution is 5.05. The van der Waals surface area contributed by atoms with Crippen molar-refractivity contribution in [3.63, 3.8) is 0 Å². The largest absolute Gasteiger partial charge is 0.330 e. The molecule has 0 aliphatic rings. The Morgan fingerprint density at radius 3 is 2.56 bits per heavy atom. The van der Waals surface area contributed by atoms with E-state index in [1.807, 2.05) is 0 Å². The van der Waals surface area contributed by atoms with Crippen LogP contribution in [0.5, 0.6) is 0 Å². The van der Waals surface area contributed by atoms with Crippen LogP contribution in [0.15, 0.2) is 15.8 Å². The van der Waals surface area contributed by atoms with Crippen molar-refractivity contribution >= 4 is 0 Å². The summed E-state index contributed by atoms with van der Waals surface area (Å²) in [7, 11) is 3.14. The van der Waals surface area contributed by atoms with Gasteiger partial charge in [0.2, 0.25) is 0 Å². The lowest BCUT2D eigenvalue weighted by molar-refractivity contribution is 0.525. The number of nitrogens with zero attached hydrogens (tertiary/aromatic N) is 2. The van der Waals surface area contributed by atoms with Gasteiger partial charge in [0.25, 0.3) is 5.56 Å². The lowest BCUT2D eigenvalue weighted by Gasteiger charge is -2.12. The maximum absolute atomic E-state index is 11.8. The minimum absolute atomic E-state index is 0.223. The van der Waals surface area contributed by atoms with E-state index in [1.165, 1.54) is 11.6 Å². The van der Waals surface area contributed by atoms with Crippen LogP contribution in [0.2, 0.25) is 0 Å². The Kier molecular flexibility index (Phi) is 4.06. The first kappa shape index (κ1) is 12.7. The second-order valence-electron chi connectivity index (χ2n) is 4.10. The van der Waals surface area contributed by atoms with Crippen molar-refractivity contribution in [1.82, 2.24) is 14.5 Å². The molecule has 0 radical (unpaired) electrons. The second-order valence-corrected chi connectivity index (χ2v) is 4.10. The predicted molar refractivity (Wildman–Crippen MR) is 63.5 cm³/mol. The fraction of sp³-hybridized carbons (Fsp3) is 0.636. The molecule has 90 valence electrons. The molecule has 0 aliphatic carbocycles. The summed E-state index contributed by atoms with van der Waals surface area (Å²) in [6, 6.07) is 0.363. The van der Waals surface area contributed by atoms with E-state index in [2.05, 4.69) is 19.2 Å². The van der Waals surface area contributed by atoms with Crippen LogP contribution in [0.4, 0.5) is 0 Å². The fourth-order valence-corrected chi connectivity index (χ4v) is 1.43. The van der Waals surface area contributed by atoms with Gasteiger partial charge in [-0.3, -0.25) is 9.36 Å². The highest BCUT2D eigenvalue weighted by Crippen LogP contribution is 1.92. The molecule has 1 aromatic rings. The van der Waals surface area contributed by atoms with Gasteiger partial charge in [-0.15, -0.1) is 0 Å². The van der Waals surface area contributed by atoms with Gasteiger partial charge < -0.3 is 9.88 Å². The van der Waals surface area contributed by atoms with Crippen LogP contribution in [-0.2, 0) is 20.6 Å². The van der Waals surface area contributed by atoms with Gasteiger partial charge in [-0.1, -0.05) is 6.92 Å². The summed E-state index contributed by atoms with van der Waals surface area (Å²) >= 11 is 0. The van der Waals surface area contributed by atoms with E-state index < -0.39 is 0 Å². The molecule has 0 spiro atoms. The summed E-state index contributed by atoms with van der Waals surface area (Å²) in [4.78, 5) is 23.2. The Hall–Kier alpha value is -1.36. The average Bonchev–Trinajstić information content (AvgIpc) is 2.28. The number of aromatic nitrogens is 2. The number of hydrogen-bond acceptors (Lipinski definition) is 3. The Labute approximate surface area is 94.7 Å². The minimum atomic E-state index is -0.294. The van der Waals surface area contributed by atoms with E-state index in [0.717, 1.165) is 11.0 Å². The van der Waals surface area contributed by atoms with Gasteiger partial charge in [0, 0.05) is 38.4 Å². The molecule has 0 bridgehead atoms. The lowest BCUT2D eigenvalue weighted by Crippen LogP contribution is -2.40. The van der Waals surface area contributed by atoms with E-state index in [9.17, 15) is 9.59 Å². The first-order valence-corrected chi connectivity index (χ1v) is 5.46. The van der Waals surface area contributed by atoms with E-state index in [1.54, 1.807) is 13.2 Å². The number of nitrogens with one attached hydrogen (secondary N) is 1. The van der Waals surface area contributed by atoms with Crippen LogP contribution in [0.1, 0.15) is 25.8 Å². The summed E-state index contributed by atoms with van der Waals surface area (Å²) < 4.78 is 2.56. The molecule has 1 heterocycles. The van der Waals surface area contributed by atoms with Crippen LogP contribution >= 0.6 is 0 Å². The summed E-state index contributed by atoms with van der Waals surface area (Å²) in [5, 5.41) is 3.23. The number of rotatable bonds is 4. The van der Waals surface area contributed by atoms with Crippen LogP contribution in [-0.4, -0.2) is 15.2 Å². The van der Waals surface area contributed by atoms with Crippen molar-refractivity contribution in [2.24, 2.45) is 14.1 Å². The molecular weight excluding hydrogens is 206 g/mol. The van der Waals surface area contributed by atoms with Gasteiger partial charge in [0.1, 0.15) is 0 Å². The summed E-state index contributed by atoms with van der Waals surface area (Å²) in [6.45, 7) is 4.64. The molecule has 0 fully saturated rings. The van der Waals surface area contributed by atoms with Gasteiger partial charge in [-0.2, -0.15) is 0 Å². The first-order chi connectivity index (χ1) is 7.47. The van der Waals surface area contributed by atoms with Crippen LogP contribution < -0.4 is 16.6 Å². The zero-order valence-corrected chi connectivity index (χ0v) is 10.3. The standard InChI is InChI=1S/C11H19N3O2/c1-5-8(2)12-6-9-7-13(3)11(16)14(4)10(9)15/h7-8,12H,5-6H2,1-4H3. The van der Waals surface area contributed by atoms with Gasteiger partial charge in [0.15, 0.2) is 0 Å². The molecule has 0 aromatic carbocycles. The molecule has 16 heavy (non-hydrogen) atoms. The van der Waals surface area contributed by atoms with E-state index in [4.69, 9.17) is 0 Å². The molecule has 0 amide bonds. The highest BCUT2D eigenvalue weighted by atomic mass is 16.2. The third-order valence-electron chi connectivity index (χ3n) is 2.77. The van der Waals surface area contributed by atoms with Crippen molar-refractivity contribution in [2.45, 2.75) is 32.9 Å². The Bertz CT molecular complexity index is 473. The average molecular weight is 225 g/mol. The molecule has 1 aromatic heterocycles. The normalized spacial score (nSPS) is 12.8. The zero-order chi connectivity index (χ0) is 12.3. The topological polar surface area (TPSA) is 56.0 Å². The summed E-state index contributed by atoms with van der Waals surface area (Å²) in [5.41, 5.74) is 0.0982. The number of hydrogen-bond donors (Lipinski definition) is 1.